The molecule has 0 aliphatic rings. The van der Waals surface area contributed by atoms with Crippen molar-refractivity contribution in [3.63, 3.8) is 0 Å². The molecule has 3 aromatic heterocycles. The summed E-state index contributed by atoms with van der Waals surface area (Å²) in [5.41, 5.74) is 5.08. The minimum atomic E-state index is -0.337. The molecule has 3 heterocycles. The van der Waals surface area contributed by atoms with E-state index in [1.54, 1.807) is 29.4 Å². The topological polar surface area (TPSA) is 63.1 Å². The molecule has 0 bridgehead atoms. The third-order valence-corrected chi connectivity index (χ3v) is 13.4. The molecule has 8 heteroatoms. The van der Waals surface area contributed by atoms with E-state index in [9.17, 15) is 9.90 Å². The molecule has 0 aliphatic heterocycles. The summed E-state index contributed by atoms with van der Waals surface area (Å²) in [4.78, 5) is 24.2. The van der Waals surface area contributed by atoms with Crippen LogP contribution >= 0.6 is 34.4 Å². The van der Waals surface area contributed by atoms with E-state index < -0.39 is 0 Å². The first-order valence-electron chi connectivity index (χ1n) is 16.9. The van der Waals surface area contributed by atoms with Crippen LogP contribution in [0.2, 0.25) is 0 Å². The number of aromatic nitrogens is 2. The van der Waals surface area contributed by atoms with Crippen LogP contribution in [0.25, 0.3) is 41.6 Å². The number of ketones is 1. The molecule has 0 spiro atoms. The number of aliphatic hydroxyl groups is 1. The van der Waals surface area contributed by atoms with Crippen LogP contribution in [0.3, 0.4) is 0 Å². The number of nitrogens with zero attached hydrogens (tertiary/aromatic N) is 2. The summed E-state index contributed by atoms with van der Waals surface area (Å²) in [5, 5.41) is 14.6. The van der Waals surface area contributed by atoms with Crippen LogP contribution in [0, 0.1) is 30.7 Å². The van der Waals surface area contributed by atoms with Crippen molar-refractivity contribution in [3.05, 3.63) is 76.5 Å². The van der Waals surface area contributed by atoms with Gasteiger partial charge in [0.2, 0.25) is 0 Å². The number of aliphatic hydroxyl groups excluding tert-OH is 1. The number of fused-ring (bicyclic) bond motifs is 5. The number of hydrogen-bond donors (Lipinski definition) is 1. The van der Waals surface area contributed by atoms with Gasteiger partial charge in [0.15, 0.2) is 5.78 Å². The molecule has 0 atom stereocenters. The monoisotopic (exact) mass is 892 g/mol. The average Bonchev–Trinajstić information content (AvgIpc) is 3.59. The van der Waals surface area contributed by atoms with Crippen LogP contribution < -0.4 is 0 Å². The Morgan fingerprint density at radius 3 is 2.08 bits per heavy atom. The van der Waals surface area contributed by atoms with Gasteiger partial charge in [-0.3, -0.25) is 9.78 Å². The second-order valence-corrected chi connectivity index (χ2v) is 17.5. The number of hydrogen-bond acceptors (Lipinski definition) is 7. The molecule has 0 unspecified atom stereocenters. The Morgan fingerprint density at radius 1 is 0.939 bits per heavy atom. The zero-order valence-corrected chi connectivity index (χ0v) is 35.7. The molecule has 0 saturated carbocycles. The van der Waals surface area contributed by atoms with Crippen molar-refractivity contribution >= 4 is 70.6 Å². The van der Waals surface area contributed by atoms with Gasteiger partial charge in [-0.1, -0.05) is 73.8 Å². The van der Waals surface area contributed by atoms with Crippen molar-refractivity contribution in [1.82, 2.24) is 9.97 Å². The average molecular weight is 892 g/mol. The smallest absolute Gasteiger partial charge is 0.164 e. The molecule has 5 rings (SSSR count). The van der Waals surface area contributed by atoms with Gasteiger partial charge in [0.05, 0.1) is 5.52 Å². The summed E-state index contributed by atoms with van der Waals surface area (Å²) in [7, 11) is 0. The molecule has 265 valence electrons. The fourth-order valence-electron chi connectivity index (χ4n) is 5.78. The van der Waals surface area contributed by atoms with Gasteiger partial charge in [-0.05, 0) is 68.0 Å². The SMILES string of the molecule is C=CSc1c[c-]c(-c2ncnc3c2sc2ccc4sc(C)c(C)c4c23)cc1C(C)(C)C.CCC(C)(CC)C(=O)/C=C(\O)C(C)(CC)CC.[Ir]. The van der Waals surface area contributed by atoms with E-state index in [4.69, 9.17) is 9.97 Å². The Balaban J connectivity index is 0.000000312. The van der Waals surface area contributed by atoms with Crippen LogP contribution in [-0.2, 0) is 30.3 Å². The number of rotatable bonds is 10. The van der Waals surface area contributed by atoms with Crippen molar-refractivity contribution < 1.29 is 30.0 Å². The zero-order chi connectivity index (χ0) is 35.6. The van der Waals surface area contributed by atoms with Crippen molar-refractivity contribution in [2.24, 2.45) is 10.8 Å². The number of thioether (sulfide) groups is 1. The van der Waals surface area contributed by atoms with E-state index in [0.29, 0.717) is 0 Å². The second-order valence-electron chi connectivity index (χ2n) is 14.2. The molecule has 4 nitrogen and oxygen atoms in total. The predicted molar refractivity (Wildman–Crippen MR) is 212 cm³/mol. The molecular formula is C41H51IrN2O2S3-. The van der Waals surface area contributed by atoms with Crippen LogP contribution in [-0.4, -0.2) is 20.9 Å². The summed E-state index contributed by atoms with van der Waals surface area (Å²) in [6, 6.07) is 12.3. The zero-order valence-electron chi connectivity index (χ0n) is 30.9. The van der Waals surface area contributed by atoms with E-state index in [-0.39, 0.29) is 47.9 Å². The Labute approximate surface area is 319 Å². The van der Waals surface area contributed by atoms with Gasteiger partial charge < -0.3 is 5.11 Å². The van der Waals surface area contributed by atoms with Gasteiger partial charge >= 0.3 is 0 Å². The van der Waals surface area contributed by atoms with Crippen LogP contribution in [0.15, 0.2) is 59.3 Å². The van der Waals surface area contributed by atoms with Gasteiger partial charge in [0.1, 0.15) is 12.1 Å². The second kappa shape index (κ2) is 16.3. The third-order valence-electron chi connectivity index (χ3n) is 10.3. The number of aryl methyl sites for hydroxylation is 2. The fourth-order valence-corrected chi connectivity index (χ4v) is 8.83. The van der Waals surface area contributed by atoms with E-state index in [2.05, 4.69) is 71.5 Å². The van der Waals surface area contributed by atoms with Gasteiger partial charge in [-0.15, -0.1) is 52.0 Å². The maximum absolute atomic E-state index is 12.2. The molecule has 1 radical (unpaired) electrons. The first kappa shape index (κ1) is 41.1. The number of benzene rings is 2. The molecule has 2 aromatic carbocycles. The standard InChI is InChI=1S/C26H23N2S3.C15H28O2.Ir/c1-7-29-18-9-8-16(12-17(18)26(4,5)6)23-25-24(28-13-27-23)22-20(31-25)11-10-19-21(22)14(2)15(3)30-19;1-7-14(5,8-2)12(16)11-13(17)15(6,9-3)10-4;/h7,9-13H,1H2,2-6H3;11,16H,7-10H2,1-6H3;/q-1;;/b;12-11-;. The van der Waals surface area contributed by atoms with Gasteiger partial charge in [-0.25, -0.2) is 4.98 Å². The Kier molecular flexibility index (Phi) is 13.7. The van der Waals surface area contributed by atoms with Crippen molar-refractivity contribution in [2.45, 2.75) is 112 Å². The molecule has 0 fully saturated rings. The largest absolute Gasteiger partial charge is 0.512 e. The van der Waals surface area contributed by atoms with E-state index >= 15 is 0 Å². The number of carbonyl (C=O) groups is 1. The number of carbonyl (C=O) groups excluding carboxylic acids is 1. The first-order chi connectivity index (χ1) is 22.6. The molecule has 0 aliphatic carbocycles. The fraction of sp³-hybridized carbons (Fsp3) is 0.439. The van der Waals surface area contributed by atoms with Crippen LogP contribution in [0.4, 0.5) is 0 Å². The van der Waals surface area contributed by atoms with Gasteiger partial charge in [0.25, 0.3) is 0 Å². The Bertz CT molecular complexity index is 1990. The third kappa shape index (κ3) is 8.25. The van der Waals surface area contributed by atoms with Crippen molar-refractivity contribution in [1.29, 1.82) is 0 Å². The Morgan fingerprint density at radius 2 is 1.53 bits per heavy atom. The van der Waals surface area contributed by atoms with Crippen molar-refractivity contribution in [3.8, 4) is 11.3 Å². The quantitative estimate of drug-likeness (QED) is 0.0655. The molecule has 5 aromatic rings. The molecule has 49 heavy (non-hydrogen) atoms. The summed E-state index contributed by atoms with van der Waals surface area (Å²) < 4.78 is 3.73. The Hall–Kier alpha value is -2.35. The maximum atomic E-state index is 12.2. The summed E-state index contributed by atoms with van der Waals surface area (Å²) in [6.45, 7) is 27.1. The predicted octanol–water partition coefficient (Wildman–Crippen LogP) is 13.3. The van der Waals surface area contributed by atoms with Gasteiger partial charge in [-0.2, -0.15) is 11.8 Å². The molecule has 1 N–H and O–H groups in total. The van der Waals surface area contributed by atoms with Crippen LogP contribution in [0.1, 0.15) is 104 Å². The normalized spacial score (nSPS) is 12.6. The summed E-state index contributed by atoms with van der Waals surface area (Å²) in [6.07, 6.45) is 6.46. The minimum absolute atomic E-state index is 0. The van der Waals surface area contributed by atoms with E-state index in [1.165, 1.54) is 47.1 Å². The molecule has 0 amide bonds. The maximum Gasteiger partial charge on any atom is 0.164 e. The van der Waals surface area contributed by atoms with E-state index in [0.717, 1.165) is 47.2 Å². The number of thiophene rings is 2. The van der Waals surface area contributed by atoms with Crippen molar-refractivity contribution in [2.75, 3.05) is 0 Å². The number of allylic oxidation sites excluding steroid dienone is 2. The molecule has 0 saturated heterocycles. The first-order valence-corrected chi connectivity index (χ1v) is 19.5. The minimum Gasteiger partial charge on any atom is -0.512 e. The summed E-state index contributed by atoms with van der Waals surface area (Å²) >= 11 is 5.29. The van der Waals surface area contributed by atoms with Gasteiger partial charge in [0, 0.05) is 72.5 Å². The van der Waals surface area contributed by atoms with Crippen LogP contribution in [0.5, 0.6) is 0 Å². The summed E-state index contributed by atoms with van der Waals surface area (Å²) in [5.74, 6) is 0.286. The van der Waals surface area contributed by atoms with E-state index in [1.807, 2.05) is 58.3 Å². The molecular weight excluding hydrogens is 841 g/mol.